The summed E-state index contributed by atoms with van der Waals surface area (Å²) >= 11 is 0. The number of nitrogens with one attached hydrogen (secondary N) is 2. The molecular formula is C25H28N2O4. The molecular weight excluding hydrogens is 392 g/mol. The van der Waals surface area contributed by atoms with Crippen LogP contribution in [-0.4, -0.2) is 32.9 Å². The second kappa shape index (κ2) is 12.2. The lowest BCUT2D eigenvalue weighted by atomic mass is 10.1. The fourth-order valence-electron chi connectivity index (χ4n) is 2.95. The molecule has 6 heteroatoms. The number of methoxy groups -OCH3 is 1. The zero-order valence-electron chi connectivity index (χ0n) is 17.7. The van der Waals surface area contributed by atoms with E-state index in [2.05, 4.69) is 10.6 Å². The molecule has 3 aromatic rings. The Hall–Kier alpha value is -3.51. The number of rotatable bonds is 11. The summed E-state index contributed by atoms with van der Waals surface area (Å²) in [5.41, 5.74) is 2.84. The van der Waals surface area contributed by atoms with E-state index in [9.17, 15) is 4.79 Å². The Bertz CT molecular complexity index is 930. The maximum absolute atomic E-state index is 12.2. The van der Waals surface area contributed by atoms with Crippen molar-refractivity contribution < 1.29 is 19.0 Å². The van der Waals surface area contributed by atoms with Crippen LogP contribution in [0.15, 0.2) is 78.9 Å². The highest BCUT2D eigenvalue weighted by molar-refractivity contribution is 5.89. The Kier molecular flexibility index (Phi) is 8.76. The molecule has 0 heterocycles. The second-order valence-electron chi connectivity index (χ2n) is 6.89. The number of anilines is 1. The van der Waals surface area contributed by atoms with Crippen molar-refractivity contribution in [1.29, 1.82) is 0 Å². The van der Waals surface area contributed by atoms with Crippen LogP contribution < -0.4 is 20.1 Å². The second-order valence-corrected chi connectivity index (χ2v) is 6.89. The van der Waals surface area contributed by atoms with Crippen molar-refractivity contribution in [3.05, 3.63) is 90.0 Å². The molecule has 0 radical (unpaired) electrons. The standard InChI is InChI=1S/C25H28N2O4/c1-29-23-12-10-20(11-13-23)14-15-26-25(28)27-22-7-5-6-21(18-22)19-30-16-17-31-24-8-3-2-4-9-24/h2-13,18H,14-17,19H2,1H3,(H2,26,27,28). The molecule has 0 aliphatic carbocycles. The van der Waals surface area contributed by atoms with Crippen LogP contribution in [0.1, 0.15) is 11.1 Å². The molecule has 0 saturated heterocycles. The molecule has 0 unspecified atom stereocenters. The summed E-state index contributed by atoms with van der Waals surface area (Å²) in [6.45, 7) is 1.96. The molecule has 0 bridgehead atoms. The zero-order chi connectivity index (χ0) is 21.7. The largest absolute Gasteiger partial charge is 0.497 e. The Morgan fingerprint density at radius 2 is 1.65 bits per heavy atom. The number of carbonyl (C=O) groups excluding carboxylic acids is 1. The summed E-state index contributed by atoms with van der Waals surface area (Å²) in [5, 5.41) is 5.73. The SMILES string of the molecule is COc1ccc(CCNC(=O)Nc2cccc(COCCOc3ccccc3)c2)cc1. The van der Waals surface area contributed by atoms with Gasteiger partial charge in [0.1, 0.15) is 18.1 Å². The first kappa shape index (κ1) is 22.2. The minimum Gasteiger partial charge on any atom is -0.497 e. The number of para-hydroxylation sites is 1. The lowest BCUT2D eigenvalue weighted by Gasteiger charge is -2.10. The molecule has 3 rings (SSSR count). The maximum atomic E-state index is 12.2. The maximum Gasteiger partial charge on any atom is 0.319 e. The van der Waals surface area contributed by atoms with Gasteiger partial charge in [-0.15, -0.1) is 0 Å². The summed E-state index contributed by atoms with van der Waals surface area (Å²) in [7, 11) is 1.64. The zero-order valence-corrected chi connectivity index (χ0v) is 17.7. The van der Waals surface area contributed by atoms with Crippen molar-refractivity contribution in [2.24, 2.45) is 0 Å². The summed E-state index contributed by atoms with van der Waals surface area (Å²) in [6, 6.07) is 24.8. The van der Waals surface area contributed by atoms with Crippen molar-refractivity contribution in [1.82, 2.24) is 5.32 Å². The van der Waals surface area contributed by atoms with Gasteiger partial charge < -0.3 is 24.8 Å². The van der Waals surface area contributed by atoms with Gasteiger partial charge in [0.05, 0.1) is 20.3 Å². The molecule has 162 valence electrons. The van der Waals surface area contributed by atoms with Crippen molar-refractivity contribution in [3.63, 3.8) is 0 Å². The van der Waals surface area contributed by atoms with Gasteiger partial charge in [-0.1, -0.05) is 42.5 Å². The summed E-state index contributed by atoms with van der Waals surface area (Å²) in [6.07, 6.45) is 0.746. The quantitative estimate of drug-likeness (QED) is 0.443. The molecule has 2 amide bonds. The third kappa shape index (κ3) is 8.03. The normalized spacial score (nSPS) is 10.4. The van der Waals surface area contributed by atoms with Gasteiger partial charge in [0.15, 0.2) is 0 Å². The van der Waals surface area contributed by atoms with E-state index in [0.29, 0.717) is 26.4 Å². The van der Waals surface area contributed by atoms with E-state index in [1.54, 1.807) is 7.11 Å². The van der Waals surface area contributed by atoms with E-state index in [0.717, 1.165) is 34.7 Å². The predicted octanol–water partition coefficient (Wildman–Crippen LogP) is 4.66. The van der Waals surface area contributed by atoms with Crippen molar-refractivity contribution >= 4 is 11.7 Å². The Morgan fingerprint density at radius 1 is 0.839 bits per heavy atom. The highest BCUT2D eigenvalue weighted by Gasteiger charge is 2.03. The van der Waals surface area contributed by atoms with E-state index in [4.69, 9.17) is 14.2 Å². The topological polar surface area (TPSA) is 68.8 Å². The molecule has 0 aliphatic rings. The Labute approximate surface area is 183 Å². The van der Waals surface area contributed by atoms with Gasteiger partial charge in [-0.05, 0) is 53.9 Å². The van der Waals surface area contributed by atoms with Gasteiger partial charge in [-0.3, -0.25) is 0 Å². The fourth-order valence-corrected chi connectivity index (χ4v) is 2.95. The number of hydrogen-bond donors (Lipinski definition) is 2. The highest BCUT2D eigenvalue weighted by atomic mass is 16.5. The van der Waals surface area contributed by atoms with Crippen molar-refractivity contribution in [3.8, 4) is 11.5 Å². The average Bonchev–Trinajstić information content (AvgIpc) is 2.80. The van der Waals surface area contributed by atoms with Gasteiger partial charge in [0.25, 0.3) is 0 Å². The third-order valence-electron chi connectivity index (χ3n) is 4.55. The molecule has 0 saturated carbocycles. The Balaban J connectivity index is 1.34. The van der Waals surface area contributed by atoms with Crippen LogP contribution in [0.25, 0.3) is 0 Å². The van der Waals surface area contributed by atoms with Gasteiger partial charge in [-0.25, -0.2) is 4.79 Å². The summed E-state index contributed by atoms with van der Waals surface area (Å²) < 4.78 is 16.4. The average molecular weight is 421 g/mol. The van der Waals surface area contributed by atoms with Gasteiger partial charge in [0.2, 0.25) is 0 Å². The smallest absolute Gasteiger partial charge is 0.319 e. The lowest BCUT2D eigenvalue weighted by molar-refractivity contribution is 0.0889. The summed E-state index contributed by atoms with van der Waals surface area (Å²) in [4.78, 5) is 12.2. The first-order valence-corrected chi connectivity index (χ1v) is 10.3. The lowest BCUT2D eigenvalue weighted by Crippen LogP contribution is -2.30. The molecule has 0 atom stereocenters. The number of hydrogen-bond acceptors (Lipinski definition) is 4. The first-order chi connectivity index (χ1) is 15.2. The minimum atomic E-state index is -0.233. The van der Waals surface area contributed by atoms with Crippen LogP contribution >= 0.6 is 0 Å². The molecule has 6 nitrogen and oxygen atoms in total. The molecule has 2 N–H and O–H groups in total. The molecule has 0 aromatic heterocycles. The third-order valence-corrected chi connectivity index (χ3v) is 4.55. The van der Waals surface area contributed by atoms with E-state index in [1.807, 2.05) is 78.9 Å². The van der Waals surface area contributed by atoms with Gasteiger partial charge in [-0.2, -0.15) is 0 Å². The summed E-state index contributed by atoms with van der Waals surface area (Å²) in [5.74, 6) is 1.65. The number of carbonyl (C=O) groups is 1. The molecule has 3 aromatic carbocycles. The van der Waals surface area contributed by atoms with E-state index >= 15 is 0 Å². The van der Waals surface area contributed by atoms with Crippen molar-refractivity contribution in [2.45, 2.75) is 13.0 Å². The van der Waals surface area contributed by atoms with Crippen molar-refractivity contribution in [2.75, 3.05) is 32.2 Å². The predicted molar refractivity (Wildman–Crippen MR) is 122 cm³/mol. The molecule has 0 spiro atoms. The number of urea groups is 1. The number of amides is 2. The van der Waals surface area contributed by atoms with Crippen LogP contribution in [0.5, 0.6) is 11.5 Å². The minimum absolute atomic E-state index is 0.233. The number of ether oxygens (including phenoxy) is 3. The molecule has 0 fully saturated rings. The van der Waals surface area contributed by atoms with E-state index in [1.165, 1.54) is 0 Å². The fraction of sp³-hybridized carbons (Fsp3) is 0.240. The van der Waals surface area contributed by atoms with Gasteiger partial charge in [0, 0.05) is 12.2 Å². The van der Waals surface area contributed by atoms with Crippen LogP contribution in [0.3, 0.4) is 0 Å². The van der Waals surface area contributed by atoms with E-state index < -0.39 is 0 Å². The van der Waals surface area contributed by atoms with Crippen LogP contribution in [0.2, 0.25) is 0 Å². The van der Waals surface area contributed by atoms with Gasteiger partial charge >= 0.3 is 6.03 Å². The molecule has 0 aliphatic heterocycles. The monoisotopic (exact) mass is 420 g/mol. The highest BCUT2D eigenvalue weighted by Crippen LogP contribution is 2.13. The number of benzene rings is 3. The van der Waals surface area contributed by atoms with Crippen LogP contribution in [0, 0.1) is 0 Å². The van der Waals surface area contributed by atoms with E-state index in [-0.39, 0.29) is 6.03 Å². The molecule has 31 heavy (non-hydrogen) atoms. The van der Waals surface area contributed by atoms with Crippen LogP contribution in [0.4, 0.5) is 10.5 Å². The van der Waals surface area contributed by atoms with Crippen LogP contribution in [-0.2, 0) is 17.8 Å². The Morgan fingerprint density at radius 3 is 2.42 bits per heavy atom. The first-order valence-electron chi connectivity index (χ1n) is 10.3.